The van der Waals surface area contributed by atoms with Crippen LogP contribution in [-0.4, -0.2) is 61.9 Å². The van der Waals surface area contributed by atoms with Gasteiger partial charge in [-0.3, -0.25) is 19.3 Å². The number of carboxylic acid groups (broad SMARTS) is 1. The van der Waals surface area contributed by atoms with Crippen molar-refractivity contribution >= 4 is 28.6 Å². The molecule has 0 radical (unpaired) electrons. The Morgan fingerprint density at radius 3 is 2.29 bits per heavy atom. The smallest absolute Gasteiger partial charge is 0.303 e. The summed E-state index contributed by atoms with van der Waals surface area (Å²) in [6.07, 6.45) is 13.3. The van der Waals surface area contributed by atoms with Gasteiger partial charge in [0.05, 0.1) is 17.5 Å². The highest BCUT2D eigenvalue weighted by molar-refractivity contribution is 6.00. The lowest BCUT2D eigenvalue weighted by atomic mass is 9.68. The molecule has 3 N–H and O–H groups in total. The average Bonchev–Trinajstić information content (AvgIpc) is 2.93. The summed E-state index contributed by atoms with van der Waals surface area (Å²) in [4.78, 5) is 49.4. The Labute approximate surface area is 239 Å². The Morgan fingerprint density at radius 2 is 1.61 bits per heavy atom. The summed E-state index contributed by atoms with van der Waals surface area (Å²) >= 11 is 0. The zero-order valence-electron chi connectivity index (χ0n) is 23.6. The standard InChI is InChI=1S/C31H41N5O5/c32-28(37)18-41-34-26(11-12-29(38)39)30-31(40)36(27-10-2-1-9-25(27)33-30)24-16-21-7-4-8-22(17-24)35(21)23-14-19-5-3-6-20(13-19)15-23/h1-2,9-10,19-24H,3-8,11-18H2,(H2,32,37)(H,38,39)/b34-26+. The molecule has 10 heteroatoms. The van der Waals surface area contributed by atoms with Crippen molar-refractivity contribution in [2.45, 2.75) is 108 Å². The summed E-state index contributed by atoms with van der Waals surface area (Å²) in [5, 5.41) is 13.3. The number of carbonyl (C=O) groups excluding carboxylic acids is 1. The fraction of sp³-hybridized carbons (Fsp3) is 0.645. The number of carboxylic acids is 1. The number of nitrogens with two attached hydrogens (primary N) is 1. The minimum Gasteiger partial charge on any atom is -0.481 e. The van der Waals surface area contributed by atoms with Crippen LogP contribution in [0, 0.1) is 11.8 Å². The van der Waals surface area contributed by atoms with Crippen molar-refractivity contribution in [2.75, 3.05) is 6.61 Å². The van der Waals surface area contributed by atoms with E-state index < -0.39 is 18.5 Å². The van der Waals surface area contributed by atoms with E-state index in [1.807, 2.05) is 28.8 Å². The van der Waals surface area contributed by atoms with Gasteiger partial charge in [0.2, 0.25) is 0 Å². The number of aromatic nitrogens is 2. The topological polar surface area (TPSA) is 140 Å². The summed E-state index contributed by atoms with van der Waals surface area (Å²) in [6, 6.07) is 9.19. The van der Waals surface area contributed by atoms with E-state index in [4.69, 9.17) is 10.6 Å². The quantitative estimate of drug-likeness (QED) is 0.347. The number of para-hydroxylation sites is 2. The van der Waals surface area contributed by atoms with Crippen LogP contribution in [0.3, 0.4) is 0 Å². The fourth-order valence-electron chi connectivity index (χ4n) is 8.45. The molecule has 1 aromatic carbocycles. The Bertz CT molecular complexity index is 1360. The molecule has 2 saturated heterocycles. The fourth-order valence-corrected chi connectivity index (χ4v) is 8.45. The normalized spacial score (nSPS) is 30.2. The van der Waals surface area contributed by atoms with Crippen LogP contribution in [0.1, 0.15) is 95.2 Å². The third kappa shape index (κ3) is 5.89. The number of fused-ring (bicyclic) bond motifs is 5. The van der Waals surface area contributed by atoms with Crippen LogP contribution in [0.4, 0.5) is 0 Å². The number of primary amides is 1. The second-order valence-corrected chi connectivity index (χ2v) is 12.6. The zero-order valence-corrected chi connectivity index (χ0v) is 23.6. The first-order chi connectivity index (χ1) is 19.9. The maximum Gasteiger partial charge on any atom is 0.303 e. The molecule has 1 amide bonds. The van der Waals surface area contributed by atoms with E-state index >= 15 is 0 Å². The van der Waals surface area contributed by atoms with Crippen LogP contribution >= 0.6 is 0 Å². The molecule has 1 aromatic heterocycles. The predicted molar refractivity (Wildman–Crippen MR) is 155 cm³/mol. The number of hydrogen-bond acceptors (Lipinski definition) is 7. The second-order valence-electron chi connectivity index (χ2n) is 12.6. The number of nitrogens with zero attached hydrogens (tertiary/aromatic N) is 4. The zero-order chi connectivity index (χ0) is 28.5. The Balaban J connectivity index is 1.34. The van der Waals surface area contributed by atoms with E-state index in [1.54, 1.807) is 0 Å². The lowest BCUT2D eigenvalue weighted by Gasteiger charge is -2.55. The largest absolute Gasteiger partial charge is 0.481 e. The Morgan fingerprint density at radius 1 is 0.927 bits per heavy atom. The van der Waals surface area contributed by atoms with Crippen LogP contribution in [0.25, 0.3) is 11.0 Å². The van der Waals surface area contributed by atoms with E-state index in [9.17, 15) is 19.5 Å². The molecule has 4 unspecified atom stereocenters. The van der Waals surface area contributed by atoms with E-state index in [2.05, 4.69) is 15.0 Å². The van der Waals surface area contributed by atoms with Crippen LogP contribution in [-0.2, 0) is 14.4 Å². The molecule has 4 atom stereocenters. The molecule has 3 heterocycles. The number of oxime groups is 1. The minimum absolute atomic E-state index is 0.0102. The average molecular weight is 564 g/mol. The van der Waals surface area contributed by atoms with Gasteiger partial charge in [-0.15, -0.1) is 0 Å². The molecule has 6 rings (SSSR count). The molecule has 41 heavy (non-hydrogen) atoms. The van der Waals surface area contributed by atoms with Crippen LogP contribution in [0.5, 0.6) is 0 Å². The van der Waals surface area contributed by atoms with Crippen molar-refractivity contribution in [1.29, 1.82) is 0 Å². The first-order valence-corrected chi connectivity index (χ1v) is 15.4. The minimum atomic E-state index is -1.03. The molecule has 2 aliphatic carbocycles. The van der Waals surface area contributed by atoms with Gasteiger partial charge in [-0.2, -0.15) is 0 Å². The van der Waals surface area contributed by atoms with Gasteiger partial charge in [-0.25, -0.2) is 4.98 Å². The maximum absolute atomic E-state index is 14.2. The summed E-state index contributed by atoms with van der Waals surface area (Å²) in [7, 11) is 0. The molecule has 10 nitrogen and oxygen atoms in total. The van der Waals surface area contributed by atoms with Crippen molar-refractivity contribution in [3.8, 4) is 0 Å². The van der Waals surface area contributed by atoms with Gasteiger partial charge >= 0.3 is 5.97 Å². The molecule has 2 saturated carbocycles. The van der Waals surface area contributed by atoms with Gasteiger partial charge in [-0.1, -0.05) is 43.0 Å². The van der Waals surface area contributed by atoms with E-state index in [0.717, 1.165) is 43.0 Å². The van der Waals surface area contributed by atoms with Gasteiger partial charge < -0.3 is 20.2 Å². The number of amides is 1. The number of benzene rings is 1. The Kier molecular flexibility index (Phi) is 8.10. The maximum atomic E-state index is 14.2. The van der Waals surface area contributed by atoms with Crippen LogP contribution in [0.15, 0.2) is 34.2 Å². The van der Waals surface area contributed by atoms with Gasteiger partial charge in [0.25, 0.3) is 11.5 Å². The third-order valence-electron chi connectivity index (χ3n) is 9.92. The molecule has 2 aliphatic heterocycles. The van der Waals surface area contributed by atoms with Crippen molar-refractivity contribution in [3.63, 3.8) is 0 Å². The molecule has 2 aromatic rings. The highest BCUT2D eigenvalue weighted by atomic mass is 16.6. The highest BCUT2D eigenvalue weighted by Gasteiger charge is 2.45. The predicted octanol–water partition coefficient (Wildman–Crippen LogP) is 3.99. The summed E-state index contributed by atoms with van der Waals surface area (Å²) in [6.45, 7) is -0.469. The van der Waals surface area contributed by atoms with Crippen molar-refractivity contribution in [3.05, 3.63) is 40.3 Å². The van der Waals surface area contributed by atoms with Gasteiger partial charge in [0, 0.05) is 30.6 Å². The molecule has 4 aliphatic rings. The lowest BCUT2D eigenvalue weighted by Crippen LogP contribution is -2.58. The molecule has 4 bridgehead atoms. The van der Waals surface area contributed by atoms with E-state index in [1.165, 1.54) is 44.9 Å². The number of aliphatic carboxylic acids is 1. The number of rotatable bonds is 9. The highest BCUT2D eigenvalue weighted by Crippen LogP contribution is 2.47. The van der Waals surface area contributed by atoms with Crippen molar-refractivity contribution < 1.29 is 19.5 Å². The number of carbonyl (C=O) groups is 2. The lowest BCUT2D eigenvalue weighted by molar-refractivity contribution is -0.136. The number of hydrogen-bond donors (Lipinski definition) is 2. The van der Waals surface area contributed by atoms with Gasteiger partial charge in [0.1, 0.15) is 5.71 Å². The van der Waals surface area contributed by atoms with E-state index in [0.29, 0.717) is 23.6 Å². The first kappa shape index (κ1) is 27.9. The first-order valence-electron chi connectivity index (χ1n) is 15.4. The molecule has 4 fully saturated rings. The molecular formula is C31H41N5O5. The third-order valence-corrected chi connectivity index (χ3v) is 9.92. The van der Waals surface area contributed by atoms with Crippen molar-refractivity contribution in [2.24, 2.45) is 22.7 Å². The number of piperidine rings is 2. The van der Waals surface area contributed by atoms with Crippen LogP contribution < -0.4 is 11.3 Å². The van der Waals surface area contributed by atoms with Crippen molar-refractivity contribution in [1.82, 2.24) is 14.5 Å². The SMILES string of the molecule is NC(=O)CO/N=C(\CCC(=O)O)c1nc2ccccc2n(C2CC3CCCC(C2)N3C2CC3CCCC(C3)C2)c1=O. The Hall–Kier alpha value is -3.27. The van der Waals surface area contributed by atoms with Gasteiger partial charge in [-0.05, 0) is 68.9 Å². The summed E-state index contributed by atoms with van der Waals surface area (Å²) in [5.41, 5.74) is 6.51. The molecule has 220 valence electrons. The second kappa shape index (κ2) is 11.9. The van der Waals surface area contributed by atoms with E-state index in [-0.39, 0.29) is 35.8 Å². The monoisotopic (exact) mass is 563 g/mol. The summed E-state index contributed by atoms with van der Waals surface area (Å²) in [5.74, 6) is 0.0111. The van der Waals surface area contributed by atoms with Gasteiger partial charge in [0.15, 0.2) is 12.3 Å². The van der Waals surface area contributed by atoms with Crippen LogP contribution in [0.2, 0.25) is 0 Å². The molecular weight excluding hydrogens is 522 g/mol. The molecule has 0 spiro atoms. The summed E-state index contributed by atoms with van der Waals surface area (Å²) < 4.78 is 1.89.